The van der Waals surface area contributed by atoms with Crippen molar-refractivity contribution in [1.29, 1.82) is 0 Å². The smallest absolute Gasteiger partial charge is 0.191 e. The fourth-order valence-corrected chi connectivity index (χ4v) is 4.74. The van der Waals surface area contributed by atoms with Crippen LogP contribution in [0.3, 0.4) is 0 Å². The van der Waals surface area contributed by atoms with Crippen molar-refractivity contribution >= 4 is 41.3 Å². The predicted octanol–water partition coefficient (Wildman–Crippen LogP) is 3.78. The fourth-order valence-electron chi connectivity index (χ4n) is 3.88. The molecule has 25 heavy (non-hydrogen) atoms. The van der Waals surface area contributed by atoms with E-state index in [0.29, 0.717) is 24.1 Å². The Bertz CT molecular complexity index is 580. The summed E-state index contributed by atoms with van der Waals surface area (Å²) in [5.74, 6) is 0.911. The van der Waals surface area contributed by atoms with E-state index in [1.807, 2.05) is 0 Å². The number of hydrogen-bond acceptors (Lipinski definition) is 4. The molecule has 0 aliphatic heterocycles. The summed E-state index contributed by atoms with van der Waals surface area (Å²) in [4.78, 5) is 10.6. The molecule has 0 aromatic carbocycles. The molecule has 7 heteroatoms. The summed E-state index contributed by atoms with van der Waals surface area (Å²) >= 11 is 1.74. The first kappa shape index (κ1) is 20.9. The number of ether oxygens (including phenoxy) is 1. The van der Waals surface area contributed by atoms with Crippen LogP contribution in [0.1, 0.15) is 55.1 Å². The van der Waals surface area contributed by atoms with Crippen molar-refractivity contribution in [3.05, 3.63) is 15.6 Å². The van der Waals surface area contributed by atoms with Crippen molar-refractivity contribution in [1.82, 2.24) is 15.6 Å². The van der Waals surface area contributed by atoms with Gasteiger partial charge in [-0.3, -0.25) is 0 Å². The predicted molar refractivity (Wildman–Crippen MR) is 115 cm³/mol. The Morgan fingerprint density at radius 3 is 2.64 bits per heavy atom. The maximum absolute atomic E-state index is 5.94. The van der Waals surface area contributed by atoms with Crippen molar-refractivity contribution in [3.8, 4) is 0 Å². The fraction of sp³-hybridized carbons (Fsp3) is 0.778. The van der Waals surface area contributed by atoms with Crippen LogP contribution in [-0.4, -0.2) is 36.2 Å². The lowest BCUT2D eigenvalue weighted by atomic mass is 9.51. The molecule has 0 bridgehead atoms. The lowest BCUT2D eigenvalue weighted by Gasteiger charge is -2.61. The molecule has 3 rings (SSSR count). The molecule has 1 aromatic heterocycles. The molecule has 0 saturated heterocycles. The minimum atomic E-state index is 0. The number of halogens is 1. The standard InChI is InChI=1S/C18H30N4OS.HI/c1-5-19-17(20-11-16-21-12(3)13(4)24-16)22-14-10-15(23-6-2)18(14)8-7-9-18;/h14-15H,5-11H2,1-4H3,(H2,19,20,22);1H. The first-order chi connectivity index (χ1) is 11.6. The minimum absolute atomic E-state index is 0. The Balaban J connectivity index is 0.00000225. The summed E-state index contributed by atoms with van der Waals surface area (Å²) in [6, 6.07) is 0.486. The third-order valence-electron chi connectivity index (χ3n) is 5.54. The van der Waals surface area contributed by atoms with E-state index in [-0.39, 0.29) is 24.0 Å². The van der Waals surface area contributed by atoms with E-state index in [4.69, 9.17) is 9.73 Å². The molecule has 0 radical (unpaired) electrons. The number of hydrogen-bond donors (Lipinski definition) is 2. The average Bonchev–Trinajstić information content (AvgIpc) is 2.80. The Hall–Kier alpha value is -0.410. The van der Waals surface area contributed by atoms with Gasteiger partial charge < -0.3 is 15.4 Å². The van der Waals surface area contributed by atoms with Crippen molar-refractivity contribution in [2.75, 3.05) is 13.2 Å². The first-order valence-electron chi connectivity index (χ1n) is 9.18. The first-order valence-corrected chi connectivity index (χ1v) is 10.00. The molecule has 2 unspecified atom stereocenters. The number of aromatic nitrogens is 1. The van der Waals surface area contributed by atoms with E-state index in [2.05, 4.69) is 43.3 Å². The molecular formula is C18H31IN4OS. The van der Waals surface area contributed by atoms with Gasteiger partial charge in [0.2, 0.25) is 0 Å². The number of aryl methyl sites for hydroxylation is 2. The van der Waals surface area contributed by atoms with E-state index >= 15 is 0 Å². The summed E-state index contributed by atoms with van der Waals surface area (Å²) in [5.41, 5.74) is 1.47. The van der Waals surface area contributed by atoms with Crippen LogP contribution < -0.4 is 10.6 Å². The van der Waals surface area contributed by atoms with Crippen LogP contribution in [0.5, 0.6) is 0 Å². The Labute approximate surface area is 172 Å². The quantitative estimate of drug-likeness (QED) is 0.371. The van der Waals surface area contributed by atoms with Gasteiger partial charge in [-0.05, 0) is 47.0 Å². The number of rotatable bonds is 6. The number of nitrogens with zero attached hydrogens (tertiary/aromatic N) is 2. The van der Waals surface area contributed by atoms with E-state index in [1.165, 1.54) is 24.1 Å². The van der Waals surface area contributed by atoms with Crippen molar-refractivity contribution in [2.45, 2.75) is 72.1 Å². The SMILES string of the molecule is CCNC(=NCc1nc(C)c(C)s1)NC1CC(OCC)C12CCC2.I. The zero-order chi connectivity index (χ0) is 17.2. The molecular weight excluding hydrogens is 447 g/mol. The van der Waals surface area contributed by atoms with Gasteiger partial charge in [-0.25, -0.2) is 9.98 Å². The van der Waals surface area contributed by atoms with Gasteiger partial charge in [-0.15, -0.1) is 35.3 Å². The lowest BCUT2D eigenvalue weighted by molar-refractivity contribution is -0.168. The topological polar surface area (TPSA) is 58.5 Å². The van der Waals surface area contributed by atoms with E-state index in [0.717, 1.165) is 36.2 Å². The summed E-state index contributed by atoms with van der Waals surface area (Å²) < 4.78 is 5.94. The third kappa shape index (κ3) is 4.30. The largest absolute Gasteiger partial charge is 0.378 e. The van der Waals surface area contributed by atoms with Gasteiger partial charge in [0.05, 0.1) is 18.3 Å². The number of thiazole rings is 1. The van der Waals surface area contributed by atoms with Crippen molar-refractivity contribution in [2.24, 2.45) is 10.4 Å². The molecule has 2 aliphatic rings. The van der Waals surface area contributed by atoms with Gasteiger partial charge in [-0.1, -0.05) is 6.42 Å². The number of nitrogens with one attached hydrogen (secondary N) is 2. The second kappa shape index (κ2) is 8.99. The maximum atomic E-state index is 5.94. The zero-order valence-corrected chi connectivity index (χ0v) is 18.9. The number of guanidine groups is 1. The van der Waals surface area contributed by atoms with E-state index in [1.54, 1.807) is 11.3 Å². The Morgan fingerprint density at radius 2 is 2.12 bits per heavy atom. The molecule has 1 spiro atoms. The Morgan fingerprint density at radius 1 is 1.36 bits per heavy atom. The van der Waals surface area contributed by atoms with Crippen molar-refractivity contribution in [3.63, 3.8) is 0 Å². The van der Waals surface area contributed by atoms with Crippen LogP contribution in [-0.2, 0) is 11.3 Å². The van der Waals surface area contributed by atoms with Gasteiger partial charge in [0.1, 0.15) is 5.01 Å². The lowest BCUT2D eigenvalue weighted by Crippen LogP contribution is -2.68. The highest BCUT2D eigenvalue weighted by molar-refractivity contribution is 14.0. The minimum Gasteiger partial charge on any atom is -0.378 e. The molecule has 0 amide bonds. The molecule has 142 valence electrons. The average molecular weight is 478 g/mol. The van der Waals surface area contributed by atoms with Gasteiger partial charge in [0.15, 0.2) is 5.96 Å². The van der Waals surface area contributed by atoms with Crippen LogP contribution in [0.4, 0.5) is 0 Å². The molecule has 2 N–H and O–H groups in total. The normalized spacial score (nSPS) is 24.2. The van der Waals surface area contributed by atoms with Crippen LogP contribution in [0.2, 0.25) is 0 Å². The Kier molecular flexibility index (Phi) is 7.52. The van der Waals surface area contributed by atoms with Gasteiger partial charge in [0.25, 0.3) is 0 Å². The van der Waals surface area contributed by atoms with Gasteiger partial charge >= 0.3 is 0 Å². The monoisotopic (exact) mass is 478 g/mol. The highest BCUT2D eigenvalue weighted by atomic mass is 127. The highest BCUT2D eigenvalue weighted by Crippen LogP contribution is 2.57. The molecule has 2 fully saturated rings. The van der Waals surface area contributed by atoms with E-state index in [9.17, 15) is 0 Å². The van der Waals surface area contributed by atoms with Crippen LogP contribution in [0.25, 0.3) is 0 Å². The van der Waals surface area contributed by atoms with Gasteiger partial charge in [0, 0.05) is 29.5 Å². The van der Waals surface area contributed by atoms with Crippen molar-refractivity contribution < 1.29 is 4.74 Å². The molecule has 1 aromatic rings. The summed E-state index contributed by atoms with van der Waals surface area (Å²) in [5, 5.41) is 8.13. The molecule has 5 nitrogen and oxygen atoms in total. The molecule has 2 atom stereocenters. The van der Waals surface area contributed by atoms with Crippen LogP contribution in [0, 0.1) is 19.3 Å². The third-order valence-corrected chi connectivity index (χ3v) is 6.60. The second-order valence-electron chi connectivity index (χ2n) is 6.91. The highest BCUT2D eigenvalue weighted by Gasteiger charge is 2.59. The zero-order valence-electron chi connectivity index (χ0n) is 15.7. The summed E-state index contributed by atoms with van der Waals surface area (Å²) in [6.07, 6.45) is 5.40. The summed E-state index contributed by atoms with van der Waals surface area (Å²) in [7, 11) is 0. The summed E-state index contributed by atoms with van der Waals surface area (Å²) in [6.45, 7) is 10.7. The molecule has 1 heterocycles. The number of aliphatic imine (C=N–C) groups is 1. The maximum Gasteiger partial charge on any atom is 0.191 e. The second-order valence-corrected chi connectivity index (χ2v) is 8.20. The van der Waals surface area contributed by atoms with E-state index < -0.39 is 0 Å². The van der Waals surface area contributed by atoms with Crippen LogP contribution >= 0.6 is 35.3 Å². The molecule has 2 aliphatic carbocycles. The van der Waals surface area contributed by atoms with Crippen LogP contribution in [0.15, 0.2) is 4.99 Å². The van der Waals surface area contributed by atoms with Gasteiger partial charge in [-0.2, -0.15) is 0 Å². The molecule has 2 saturated carbocycles.